The van der Waals surface area contributed by atoms with E-state index in [2.05, 4.69) is 4.90 Å². The number of morpholine rings is 1. The molecule has 0 aromatic heterocycles. The summed E-state index contributed by atoms with van der Waals surface area (Å²) in [5.41, 5.74) is 2.67. The van der Waals surface area contributed by atoms with Crippen LogP contribution in [0.5, 0.6) is 5.75 Å². The Kier molecular flexibility index (Phi) is 6.24. The van der Waals surface area contributed by atoms with Gasteiger partial charge in [0.25, 0.3) is 11.8 Å². The number of benzene rings is 2. The van der Waals surface area contributed by atoms with Crippen molar-refractivity contribution in [3.63, 3.8) is 0 Å². The summed E-state index contributed by atoms with van der Waals surface area (Å²) in [6.45, 7) is 2.81. The molecule has 3 heterocycles. The van der Waals surface area contributed by atoms with Crippen molar-refractivity contribution in [2.75, 3.05) is 43.2 Å². The molecule has 3 saturated heterocycles. The number of hydrogen-bond donors (Lipinski definition) is 1. The van der Waals surface area contributed by atoms with Gasteiger partial charge in [-0.05, 0) is 60.7 Å². The lowest BCUT2D eigenvalue weighted by molar-refractivity contribution is -0.138. The molecule has 2 aromatic rings. The number of phenols is 1. The Hall–Kier alpha value is -3.40. The Labute approximate surface area is 252 Å². The van der Waals surface area contributed by atoms with E-state index in [1.54, 1.807) is 24.3 Å². The molecule has 0 radical (unpaired) electrons. The highest BCUT2D eigenvalue weighted by Gasteiger charge is 2.75. The van der Waals surface area contributed by atoms with E-state index in [1.165, 1.54) is 24.1 Å². The minimum absolute atomic E-state index is 0.0340. The normalized spacial score (nSPS) is 34.4. The van der Waals surface area contributed by atoms with Gasteiger partial charge in [-0.25, -0.2) is 0 Å². The van der Waals surface area contributed by atoms with E-state index in [4.69, 9.17) is 27.9 Å². The van der Waals surface area contributed by atoms with Crippen molar-refractivity contribution in [1.29, 1.82) is 0 Å². The van der Waals surface area contributed by atoms with E-state index in [9.17, 15) is 24.3 Å². The van der Waals surface area contributed by atoms with E-state index in [0.29, 0.717) is 30.0 Å². The zero-order valence-corrected chi connectivity index (χ0v) is 24.3. The fourth-order valence-electron chi connectivity index (χ4n) is 7.71. The Balaban J connectivity index is 1.28. The fraction of sp³-hybridized carbons (Fsp3) is 0.419. The zero-order valence-electron chi connectivity index (χ0n) is 22.8. The molecule has 0 spiro atoms. The number of fused-ring (bicyclic) bond motifs is 4. The molecule has 4 amide bonds. The number of aromatic hydroxyl groups is 1. The molecule has 218 valence electrons. The highest BCUT2D eigenvalue weighted by Crippen LogP contribution is 2.65. The van der Waals surface area contributed by atoms with E-state index in [1.807, 2.05) is 18.2 Å². The third kappa shape index (κ3) is 3.59. The van der Waals surface area contributed by atoms with Crippen LogP contribution in [0.25, 0.3) is 0 Å². The van der Waals surface area contributed by atoms with Gasteiger partial charge in [0.1, 0.15) is 5.75 Å². The maximum Gasteiger partial charge on any atom is 0.253 e. The quantitative estimate of drug-likeness (QED) is 0.323. The number of amides is 4. The molecular formula is C31H29Cl2N3O6. The number of likely N-dealkylation sites (tertiary alicyclic amines) is 1. The predicted molar refractivity (Wildman–Crippen MR) is 156 cm³/mol. The molecule has 2 aromatic carbocycles. The average Bonchev–Trinajstić information content (AvgIpc) is 3.32. The smallest absolute Gasteiger partial charge is 0.253 e. The highest BCUT2D eigenvalue weighted by atomic mass is 35.5. The molecule has 2 aliphatic carbocycles. The lowest BCUT2D eigenvalue weighted by Gasteiger charge is -2.50. The fourth-order valence-corrected chi connectivity index (χ4v) is 8.73. The summed E-state index contributed by atoms with van der Waals surface area (Å²) in [7, 11) is 1.35. The SMILES string of the molecule is CN1C(=O)[C@]2(Cl)C[C@@H]3C(=CC[C@@H]4C(=O)N(c5ccc(N6CCOCC6)cc5)C(=O)[C@@H]43)[C@H](c3cccc(O)c3)[C@]2(Cl)C1=O. The predicted octanol–water partition coefficient (Wildman–Crippen LogP) is 3.42. The van der Waals surface area contributed by atoms with Crippen molar-refractivity contribution in [3.05, 3.63) is 65.7 Å². The first-order valence-electron chi connectivity index (χ1n) is 14.1. The van der Waals surface area contributed by atoms with Crippen LogP contribution in [0.15, 0.2) is 60.2 Å². The Morgan fingerprint density at radius 3 is 2.29 bits per heavy atom. The average molecular weight is 610 g/mol. The molecule has 11 heteroatoms. The van der Waals surface area contributed by atoms with Gasteiger partial charge in [0.05, 0.1) is 30.7 Å². The van der Waals surface area contributed by atoms with Crippen molar-refractivity contribution in [1.82, 2.24) is 4.90 Å². The van der Waals surface area contributed by atoms with Gasteiger partial charge in [0, 0.05) is 31.7 Å². The van der Waals surface area contributed by atoms with Crippen LogP contribution >= 0.6 is 23.2 Å². The number of phenolic OH excluding ortho intramolecular Hbond substituents is 1. The molecule has 9 nitrogen and oxygen atoms in total. The third-order valence-electron chi connectivity index (χ3n) is 9.70. The van der Waals surface area contributed by atoms with Crippen LogP contribution in [0.3, 0.4) is 0 Å². The number of hydrogen-bond acceptors (Lipinski definition) is 7. The Morgan fingerprint density at radius 2 is 1.60 bits per heavy atom. The second-order valence-corrected chi connectivity index (χ2v) is 13.0. The first kappa shape index (κ1) is 27.4. The lowest BCUT2D eigenvalue weighted by Crippen LogP contribution is -2.60. The second kappa shape index (κ2) is 9.56. The minimum atomic E-state index is -1.87. The number of ether oxygens (including phenoxy) is 1. The van der Waals surface area contributed by atoms with Gasteiger partial charge in [-0.15, -0.1) is 23.2 Å². The van der Waals surface area contributed by atoms with Crippen LogP contribution in [-0.2, 0) is 23.9 Å². The zero-order chi connectivity index (χ0) is 29.6. The minimum Gasteiger partial charge on any atom is -0.508 e. The van der Waals surface area contributed by atoms with E-state index in [0.717, 1.165) is 23.7 Å². The molecule has 1 saturated carbocycles. The number of imide groups is 2. The first-order chi connectivity index (χ1) is 20.1. The summed E-state index contributed by atoms with van der Waals surface area (Å²) >= 11 is 14.3. The Bertz CT molecular complexity index is 1560. The van der Waals surface area contributed by atoms with Gasteiger partial charge in [-0.3, -0.25) is 29.0 Å². The number of carbonyl (C=O) groups excluding carboxylic acids is 4. The summed E-state index contributed by atoms with van der Waals surface area (Å²) in [4.78, 5) is 55.7. The molecule has 0 bridgehead atoms. The van der Waals surface area contributed by atoms with Gasteiger partial charge in [-0.1, -0.05) is 23.8 Å². The summed E-state index contributed by atoms with van der Waals surface area (Å²) in [5, 5.41) is 10.3. The van der Waals surface area contributed by atoms with Gasteiger partial charge < -0.3 is 14.7 Å². The van der Waals surface area contributed by atoms with Crippen LogP contribution in [0.1, 0.15) is 24.3 Å². The van der Waals surface area contributed by atoms with E-state index < -0.39 is 45.2 Å². The van der Waals surface area contributed by atoms with Gasteiger partial charge in [0.2, 0.25) is 11.8 Å². The maximum atomic E-state index is 14.1. The molecule has 5 aliphatic rings. The standard InChI is InChI=1S/C31H29Cl2N3O6/c1-34-28(40)30(32)16-23-21(25(31(30,33)29(34)41)17-3-2-4-20(37)15-17)9-10-22-24(23)27(39)36(26(22)38)19-7-5-18(6-8-19)35-11-13-42-14-12-35/h2-9,15,22-25,37H,10-14,16H2,1H3/t22-,23+,24-,25-,30+,31-/m0/s1. The lowest BCUT2D eigenvalue weighted by atomic mass is 9.56. The molecule has 42 heavy (non-hydrogen) atoms. The van der Waals surface area contributed by atoms with Crippen LogP contribution in [-0.4, -0.2) is 76.7 Å². The molecule has 4 fully saturated rings. The van der Waals surface area contributed by atoms with Crippen LogP contribution in [0, 0.1) is 17.8 Å². The number of nitrogens with zero attached hydrogens (tertiary/aromatic N) is 3. The number of carbonyl (C=O) groups is 4. The summed E-state index contributed by atoms with van der Waals surface area (Å²) in [6.07, 6.45) is 2.09. The number of halogens is 2. The highest BCUT2D eigenvalue weighted by molar-refractivity contribution is 6.53. The molecule has 0 unspecified atom stereocenters. The van der Waals surface area contributed by atoms with E-state index >= 15 is 0 Å². The number of rotatable bonds is 3. The number of anilines is 2. The molecular weight excluding hydrogens is 581 g/mol. The van der Waals surface area contributed by atoms with Gasteiger partial charge in [-0.2, -0.15) is 0 Å². The van der Waals surface area contributed by atoms with Crippen LogP contribution in [0.4, 0.5) is 11.4 Å². The van der Waals surface area contributed by atoms with Crippen molar-refractivity contribution in [3.8, 4) is 5.75 Å². The van der Waals surface area contributed by atoms with Crippen LogP contribution < -0.4 is 9.80 Å². The van der Waals surface area contributed by atoms with Crippen molar-refractivity contribution in [2.45, 2.75) is 28.5 Å². The monoisotopic (exact) mass is 609 g/mol. The van der Waals surface area contributed by atoms with Crippen molar-refractivity contribution in [2.24, 2.45) is 17.8 Å². The molecule has 7 rings (SSSR count). The largest absolute Gasteiger partial charge is 0.508 e. The number of alkyl halides is 2. The van der Waals surface area contributed by atoms with Gasteiger partial charge >= 0.3 is 0 Å². The summed E-state index contributed by atoms with van der Waals surface area (Å²) < 4.78 is 5.43. The van der Waals surface area contributed by atoms with Crippen molar-refractivity contribution >= 4 is 58.2 Å². The molecule has 1 N–H and O–H groups in total. The Morgan fingerprint density at radius 1 is 0.905 bits per heavy atom. The van der Waals surface area contributed by atoms with Crippen LogP contribution in [0.2, 0.25) is 0 Å². The molecule has 3 aliphatic heterocycles. The van der Waals surface area contributed by atoms with Crippen molar-refractivity contribution < 1.29 is 29.0 Å². The number of allylic oxidation sites excluding steroid dienone is 2. The summed E-state index contributed by atoms with van der Waals surface area (Å²) in [5.74, 6) is -4.88. The maximum absolute atomic E-state index is 14.1. The topological polar surface area (TPSA) is 107 Å². The first-order valence-corrected chi connectivity index (χ1v) is 14.8. The summed E-state index contributed by atoms with van der Waals surface area (Å²) in [6, 6.07) is 13.7. The molecule has 6 atom stereocenters. The van der Waals surface area contributed by atoms with E-state index in [-0.39, 0.29) is 30.4 Å². The second-order valence-electron chi connectivity index (χ2n) is 11.7. The van der Waals surface area contributed by atoms with Gasteiger partial charge in [0.15, 0.2) is 9.75 Å². The third-order valence-corrected chi connectivity index (χ3v) is 11.1.